The zero-order valence-electron chi connectivity index (χ0n) is 24.7. The van der Waals surface area contributed by atoms with Crippen LogP contribution in [-0.4, -0.2) is 191 Å². The van der Waals surface area contributed by atoms with E-state index < -0.39 is 136 Å². The molecule has 1 unspecified atom stereocenters. The van der Waals surface area contributed by atoms with E-state index >= 15 is 0 Å². The predicted molar refractivity (Wildman–Crippen MR) is 140 cm³/mol. The first kappa shape index (κ1) is 34.2. The van der Waals surface area contributed by atoms with Crippen LogP contribution in [0.4, 0.5) is 0 Å². The standard InChI is InChI=1S/C27H44O18/c1-3-8-13(30)9(4-28)39-25(14(8)31)43-20-12-7-38-23(20)18(35)27(42-12)45-21-15(32)10(5-29)40-26(16(21)33)44-19-11-6-37-22(19)17(34)24(36-2)41-11/h8-35H,3-7H2,1-2H3/t8-,9+,10+,11-,12-,13+,14+,15-,16+,17-,18-,19+,20+,21?,22-,23-,24+,25-,26-,27-/m0/s1. The Kier molecular flexibility index (Phi) is 10.6. The Bertz CT molecular complexity index is 978. The van der Waals surface area contributed by atoms with E-state index in [1.165, 1.54) is 7.11 Å². The summed E-state index contributed by atoms with van der Waals surface area (Å²) in [5.74, 6) is -0.636. The average Bonchev–Trinajstić information content (AvgIpc) is 3.51. The summed E-state index contributed by atoms with van der Waals surface area (Å²) in [6, 6.07) is 0. The second kappa shape index (κ2) is 14.0. The summed E-state index contributed by atoms with van der Waals surface area (Å²) in [4.78, 5) is 0. The van der Waals surface area contributed by atoms with Crippen LogP contribution >= 0.6 is 0 Å². The summed E-state index contributed by atoms with van der Waals surface area (Å²) in [5.41, 5.74) is 0. The molecule has 260 valence electrons. The van der Waals surface area contributed by atoms with Crippen molar-refractivity contribution < 1.29 is 88.2 Å². The fourth-order valence-electron chi connectivity index (χ4n) is 7.04. The Morgan fingerprint density at radius 2 is 1.02 bits per heavy atom. The molecule has 0 spiro atoms. The van der Waals surface area contributed by atoms with Gasteiger partial charge in [0, 0.05) is 13.0 Å². The number of hydrogen-bond donors (Lipinski definition) is 8. The number of rotatable bonds is 10. The fourth-order valence-corrected chi connectivity index (χ4v) is 7.04. The smallest absolute Gasteiger partial charge is 0.187 e. The van der Waals surface area contributed by atoms with E-state index in [1.807, 2.05) is 0 Å². The maximum Gasteiger partial charge on any atom is 0.187 e. The Balaban J connectivity index is 1.12. The summed E-state index contributed by atoms with van der Waals surface area (Å²) in [7, 11) is 1.37. The van der Waals surface area contributed by atoms with Gasteiger partial charge in [-0.2, -0.15) is 0 Å². The highest BCUT2D eigenvalue weighted by Crippen LogP contribution is 2.39. The SMILES string of the molecule is CC[C@H]1[C@@H](O)[C@@H](CO)O[C@@H](O[C@H]2[C@H]3OC[C@@H]2O[C@@H](OC2[C@@H](O)[C@H](O[C@H]4[C@H]5OC[C@@H]4O[C@@H](OC)[C@H]5O)O[C@H](CO)[C@@H]2O)[C@H]3O)[C@@H]1O. The third-order valence-electron chi connectivity index (χ3n) is 9.56. The van der Waals surface area contributed by atoms with Crippen LogP contribution in [-0.2, 0) is 47.4 Å². The molecule has 0 aromatic carbocycles. The molecule has 8 N–H and O–H groups in total. The average molecular weight is 657 g/mol. The quantitative estimate of drug-likeness (QED) is 0.109. The van der Waals surface area contributed by atoms with Crippen molar-refractivity contribution in [2.24, 2.45) is 5.92 Å². The highest BCUT2D eigenvalue weighted by atomic mass is 16.8. The number of aliphatic hydroxyl groups excluding tert-OH is 8. The van der Waals surface area contributed by atoms with Crippen molar-refractivity contribution in [3.63, 3.8) is 0 Å². The van der Waals surface area contributed by atoms with Crippen molar-refractivity contribution in [1.82, 2.24) is 0 Å². The Hall–Kier alpha value is -0.720. The van der Waals surface area contributed by atoms with Gasteiger partial charge in [0.25, 0.3) is 0 Å². The number of fused-ring (bicyclic) bond motifs is 4. The second-order valence-corrected chi connectivity index (χ2v) is 12.2. The summed E-state index contributed by atoms with van der Waals surface area (Å²) in [5, 5.41) is 84.6. The Morgan fingerprint density at radius 3 is 1.56 bits per heavy atom. The molecule has 4 bridgehead atoms. The van der Waals surface area contributed by atoms with Crippen LogP contribution in [0.5, 0.6) is 0 Å². The van der Waals surface area contributed by atoms with Gasteiger partial charge >= 0.3 is 0 Å². The van der Waals surface area contributed by atoms with Gasteiger partial charge in [-0.25, -0.2) is 0 Å². The van der Waals surface area contributed by atoms with Crippen LogP contribution in [0, 0.1) is 5.92 Å². The van der Waals surface area contributed by atoms with Crippen molar-refractivity contribution in [2.75, 3.05) is 33.5 Å². The minimum atomic E-state index is -1.67. The first-order valence-corrected chi connectivity index (χ1v) is 15.3. The molecule has 0 aromatic heterocycles. The van der Waals surface area contributed by atoms with Gasteiger partial charge in [0.05, 0.1) is 32.5 Å². The molecule has 0 aliphatic carbocycles. The Morgan fingerprint density at radius 1 is 0.556 bits per heavy atom. The molecular formula is C27H44O18. The van der Waals surface area contributed by atoms with Crippen molar-refractivity contribution >= 4 is 0 Å². The normalized spacial score (nSPS) is 54.8. The molecular weight excluding hydrogens is 612 g/mol. The molecule has 20 atom stereocenters. The third kappa shape index (κ3) is 6.18. The van der Waals surface area contributed by atoms with Gasteiger partial charge < -0.3 is 88.2 Å². The lowest BCUT2D eigenvalue weighted by atomic mass is 9.87. The lowest BCUT2D eigenvalue weighted by molar-refractivity contribution is -0.371. The van der Waals surface area contributed by atoms with Gasteiger partial charge in [0.1, 0.15) is 85.5 Å². The van der Waals surface area contributed by atoms with E-state index in [-0.39, 0.29) is 13.2 Å². The van der Waals surface area contributed by atoms with Crippen LogP contribution in [0.15, 0.2) is 0 Å². The highest BCUT2D eigenvalue weighted by molar-refractivity contribution is 5.01. The molecule has 6 aliphatic heterocycles. The molecule has 0 saturated carbocycles. The molecule has 6 rings (SSSR count). The number of ether oxygens (including phenoxy) is 10. The van der Waals surface area contributed by atoms with E-state index in [9.17, 15) is 40.9 Å². The highest BCUT2D eigenvalue weighted by Gasteiger charge is 2.58. The molecule has 18 nitrogen and oxygen atoms in total. The summed E-state index contributed by atoms with van der Waals surface area (Å²) >= 11 is 0. The summed E-state index contributed by atoms with van der Waals surface area (Å²) in [6.07, 6.45) is -22.0. The van der Waals surface area contributed by atoms with Crippen molar-refractivity contribution in [1.29, 1.82) is 0 Å². The molecule has 0 amide bonds. The van der Waals surface area contributed by atoms with Gasteiger partial charge in [0.2, 0.25) is 0 Å². The van der Waals surface area contributed by atoms with Crippen molar-refractivity contribution in [3.8, 4) is 0 Å². The maximum atomic E-state index is 11.2. The maximum absolute atomic E-state index is 11.2. The fraction of sp³-hybridized carbons (Fsp3) is 1.00. The Labute approximate surface area is 258 Å². The van der Waals surface area contributed by atoms with Gasteiger partial charge in [-0.05, 0) is 6.42 Å². The van der Waals surface area contributed by atoms with Gasteiger partial charge in [-0.15, -0.1) is 0 Å². The lowest BCUT2D eigenvalue weighted by Crippen LogP contribution is -2.65. The van der Waals surface area contributed by atoms with Crippen molar-refractivity contribution in [3.05, 3.63) is 0 Å². The zero-order valence-corrected chi connectivity index (χ0v) is 24.7. The predicted octanol–water partition coefficient (Wildman–Crippen LogP) is -5.34. The summed E-state index contributed by atoms with van der Waals surface area (Å²) < 4.78 is 57.2. The van der Waals surface area contributed by atoms with Crippen LogP contribution in [0.3, 0.4) is 0 Å². The molecule has 45 heavy (non-hydrogen) atoms. The third-order valence-corrected chi connectivity index (χ3v) is 9.56. The van der Waals surface area contributed by atoms with Crippen LogP contribution in [0.1, 0.15) is 13.3 Å². The molecule has 0 aromatic rings. The molecule has 0 radical (unpaired) electrons. The van der Waals surface area contributed by atoms with Gasteiger partial charge in [0.15, 0.2) is 25.2 Å². The van der Waals surface area contributed by atoms with E-state index in [0.717, 1.165) is 0 Å². The number of aliphatic hydroxyl groups is 8. The number of methoxy groups -OCH3 is 1. The molecule has 6 fully saturated rings. The first-order valence-electron chi connectivity index (χ1n) is 15.3. The van der Waals surface area contributed by atoms with Crippen LogP contribution < -0.4 is 0 Å². The topological polar surface area (TPSA) is 254 Å². The first-order chi connectivity index (χ1) is 21.6. The van der Waals surface area contributed by atoms with E-state index in [0.29, 0.717) is 6.42 Å². The number of hydrogen-bond acceptors (Lipinski definition) is 18. The molecule has 18 heteroatoms. The van der Waals surface area contributed by atoms with Crippen LogP contribution in [0.25, 0.3) is 0 Å². The van der Waals surface area contributed by atoms with E-state index in [1.54, 1.807) is 6.92 Å². The lowest BCUT2D eigenvalue weighted by Gasteiger charge is -2.47. The monoisotopic (exact) mass is 656 g/mol. The second-order valence-electron chi connectivity index (χ2n) is 12.2. The van der Waals surface area contributed by atoms with Crippen molar-refractivity contribution in [2.45, 2.75) is 130 Å². The minimum Gasteiger partial charge on any atom is -0.394 e. The summed E-state index contributed by atoms with van der Waals surface area (Å²) in [6.45, 7) is 0.652. The largest absolute Gasteiger partial charge is 0.394 e. The molecule has 6 heterocycles. The molecule has 6 saturated heterocycles. The zero-order chi connectivity index (χ0) is 32.2. The van der Waals surface area contributed by atoms with Crippen LogP contribution in [0.2, 0.25) is 0 Å². The molecule has 6 aliphatic rings. The minimum absolute atomic E-state index is 0.0303. The van der Waals surface area contributed by atoms with Gasteiger partial charge in [-0.3, -0.25) is 0 Å². The van der Waals surface area contributed by atoms with E-state index in [2.05, 4.69) is 0 Å². The van der Waals surface area contributed by atoms with E-state index in [4.69, 9.17) is 47.4 Å². The van der Waals surface area contributed by atoms with Gasteiger partial charge in [-0.1, -0.05) is 6.92 Å².